The molecular weight excluding hydrogens is 250 g/mol. The first kappa shape index (κ1) is 17.2. The Morgan fingerprint density at radius 2 is 1.89 bits per heavy atom. The predicted molar refractivity (Wildman–Crippen MR) is 69.6 cm³/mol. The maximum absolute atomic E-state index is 11.6. The summed E-state index contributed by atoms with van der Waals surface area (Å²) in [4.78, 5) is 34.2. The molecule has 0 fully saturated rings. The smallest absolute Gasteiger partial charge is 0.408 e. The molecule has 0 heterocycles. The second-order valence-corrected chi connectivity index (χ2v) is 4.93. The monoisotopic (exact) mass is 271 g/mol. The maximum atomic E-state index is 11.6. The van der Waals surface area contributed by atoms with Crippen molar-refractivity contribution in [1.29, 1.82) is 0 Å². The molecule has 0 bridgehead atoms. The molecule has 1 atom stereocenters. The summed E-state index contributed by atoms with van der Waals surface area (Å²) in [7, 11) is 1.21. The van der Waals surface area contributed by atoms with Crippen LogP contribution in [-0.4, -0.2) is 36.6 Å². The van der Waals surface area contributed by atoms with Crippen LogP contribution in [0.1, 0.15) is 33.6 Å². The number of methoxy groups -OCH3 is 1. The Hall–Kier alpha value is -1.85. The Morgan fingerprint density at radius 1 is 1.32 bits per heavy atom. The van der Waals surface area contributed by atoms with Crippen LogP contribution in [0.15, 0.2) is 12.7 Å². The molecule has 0 aromatic carbocycles. The molecule has 0 aliphatic heterocycles. The van der Waals surface area contributed by atoms with E-state index in [1.807, 2.05) is 0 Å². The summed E-state index contributed by atoms with van der Waals surface area (Å²) >= 11 is 0. The number of carbonyl (C=O) groups excluding carboxylic acids is 3. The first-order chi connectivity index (χ1) is 8.69. The van der Waals surface area contributed by atoms with E-state index >= 15 is 0 Å². The number of hydrogen-bond acceptors (Lipinski definition) is 5. The number of ether oxygens (including phenoxy) is 2. The summed E-state index contributed by atoms with van der Waals surface area (Å²) in [6, 6.07) is -0.913. The number of allylic oxidation sites excluding steroid dienone is 1. The normalized spacial score (nSPS) is 12.2. The minimum atomic E-state index is -0.913. The fourth-order valence-corrected chi connectivity index (χ4v) is 1.23. The first-order valence-electron chi connectivity index (χ1n) is 5.92. The number of ketones is 1. The Balaban J connectivity index is 4.51. The lowest BCUT2D eigenvalue weighted by atomic mass is 10.1. The van der Waals surface area contributed by atoms with E-state index < -0.39 is 23.7 Å². The molecule has 1 N–H and O–H groups in total. The average Bonchev–Trinajstić information content (AvgIpc) is 2.30. The highest BCUT2D eigenvalue weighted by molar-refractivity contribution is 5.90. The van der Waals surface area contributed by atoms with Crippen molar-refractivity contribution in [2.24, 2.45) is 0 Å². The highest BCUT2D eigenvalue weighted by Gasteiger charge is 2.25. The van der Waals surface area contributed by atoms with Gasteiger partial charge in [-0.2, -0.15) is 0 Å². The van der Waals surface area contributed by atoms with Gasteiger partial charge in [0.2, 0.25) is 0 Å². The van der Waals surface area contributed by atoms with Crippen molar-refractivity contribution in [3.8, 4) is 0 Å². The van der Waals surface area contributed by atoms with Crippen LogP contribution in [0.4, 0.5) is 4.79 Å². The molecule has 0 spiro atoms. The van der Waals surface area contributed by atoms with Gasteiger partial charge in [-0.3, -0.25) is 4.79 Å². The van der Waals surface area contributed by atoms with Crippen molar-refractivity contribution in [3.05, 3.63) is 12.7 Å². The van der Waals surface area contributed by atoms with Crippen LogP contribution in [0, 0.1) is 0 Å². The standard InChI is InChI=1S/C13H21NO5/c1-6-9(15)7-8-10(11(16)18-5)14-12(17)19-13(2,3)4/h6,10H,1,7-8H2,2-5H3,(H,14,17)/t10-/m1/s1. The van der Waals surface area contributed by atoms with Crippen molar-refractivity contribution in [1.82, 2.24) is 5.32 Å². The van der Waals surface area contributed by atoms with Gasteiger partial charge in [0.05, 0.1) is 7.11 Å². The highest BCUT2D eigenvalue weighted by atomic mass is 16.6. The molecule has 6 nitrogen and oxygen atoms in total. The minimum absolute atomic E-state index is 0.0963. The van der Waals surface area contributed by atoms with Gasteiger partial charge in [-0.1, -0.05) is 6.58 Å². The first-order valence-corrected chi connectivity index (χ1v) is 5.92. The van der Waals surface area contributed by atoms with Crippen LogP contribution in [-0.2, 0) is 19.1 Å². The van der Waals surface area contributed by atoms with E-state index in [0.29, 0.717) is 0 Å². The van der Waals surface area contributed by atoms with Crippen molar-refractivity contribution >= 4 is 17.8 Å². The lowest BCUT2D eigenvalue weighted by Gasteiger charge is -2.22. The van der Waals surface area contributed by atoms with Crippen LogP contribution in [0.25, 0.3) is 0 Å². The molecule has 0 aromatic heterocycles. The van der Waals surface area contributed by atoms with Crippen molar-refractivity contribution in [3.63, 3.8) is 0 Å². The Kier molecular flexibility index (Phi) is 6.82. The van der Waals surface area contributed by atoms with Gasteiger partial charge in [-0.25, -0.2) is 9.59 Å². The SMILES string of the molecule is C=CC(=O)CC[C@@H](NC(=O)OC(C)(C)C)C(=O)OC. The number of carbonyl (C=O) groups is 3. The van der Waals surface area contributed by atoms with E-state index in [2.05, 4.69) is 16.6 Å². The van der Waals surface area contributed by atoms with E-state index in [4.69, 9.17) is 4.74 Å². The predicted octanol–water partition coefficient (Wildman–Crippen LogP) is 1.59. The Labute approximate surface area is 113 Å². The molecule has 6 heteroatoms. The molecule has 0 aromatic rings. The van der Waals surface area contributed by atoms with Gasteiger partial charge < -0.3 is 14.8 Å². The Bertz CT molecular complexity index is 357. The van der Waals surface area contributed by atoms with Crippen LogP contribution in [0.5, 0.6) is 0 Å². The lowest BCUT2D eigenvalue weighted by Crippen LogP contribution is -2.44. The molecule has 108 valence electrons. The van der Waals surface area contributed by atoms with E-state index in [-0.39, 0.29) is 18.6 Å². The van der Waals surface area contributed by atoms with Gasteiger partial charge in [0.25, 0.3) is 0 Å². The molecule has 0 unspecified atom stereocenters. The number of esters is 1. The van der Waals surface area contributed by atoms with Crippen LogP contribution >= 0.6 is 0 Å². The summed E-state index contributed by atoms with van der Waals surface area (Å²) in [5, 5.41) is 2.38. The van der Waals surface area contributed by atoms with Gasteiger partial charge in [-0.05, 0) is 33.3 Å². The lowest BCUT2D eigenvalue weighted by molar-refractivity contribution is -0.143. The summed E-state index contributed by atoms with van der Waals surface area (Å²) in [6.07, 6.45) is 0.673. The fraction of sp³-hybridized carbons (Fsp3) is 0.615. The second kappa shape index (κ2) is 7.56. The van der Waals surface area contributed by atoms with Gasteiger partial charge in [0, 0.05) is 6.42 Å². The number of hydrogen-bond donors (Lipinski definition) is 1. The molecule has 0 saturated carbocycles. The van der Waals surface area contributed by atoms with Gasteiger partial charge in [0.15, 0.2) is 5.78 Å². The van der Waals surface area contributed by atoms with E-state index in [1.54, 1.807) is 20.8 Å². The molecule has 0 saturated heterocycles. The topological polar surface area (TPSA) is 81.7 Å². The highest BCUT2D eigenvalue weighted by Crippen LogP contribution is 2.08. The summed E-state index contributed by atoms with van der Waals surface area (Å²) in [5.74, 6) is -0.831. The third kappa shape index (κ3) is 7.96. The average molecular weight is 271 g/mol. The zero-order valence-corrected chi connectivity index (χ0v) is 11.8. The maximum Gasteiger partial charge on any atom is 0.408 e. The number of alkyl carbamates (subject to hydrolysis) is 1. The molecule has 0 aliphatic carbocycles. The number of amides is 1. The molecule has 0 radical (unpaired) electrons. The zero-order valence-electron chi connectivity index (χ0n) is 11.8. The van der Waals surface area contributed by atoms with E-state index in [9.17, 15) is 14.4 Å². The summed E-state index contributed by atoms with van der Waals surface area (Å²) in [5.41, 5.74) is -0.665. The Morgan fingerprint density at radius 3 is 2.32 bits per heavy atom. The van der Waals surface area contributed by atoms with E-state index in [0.717, 1.165) is 0 Å². The quantitative estimate of drug-likeness (QED) is 0.586. The van der Waals surface area contributed by atoms with Crippen molar-refractivity contribution in [2.45, 2.75) is 45.3 Å². The number of nitrogens with one attached hydrogen (secondary N) is 1. The van der Waals surface area contributed by atoms with Gasteiger partial charge in [-0.15, -0.1) is 0 Å². The van der Waals surface area contributed by atoms with Crippen LogP contribution in [0.3, 0.4) is 0 Å². The van der Waals surface area contributed by atoms with Gasteiger partial charge in [0.1, 0.15) is 11.6 Å². The summed E-state index contributed by atoms with van der Waals surface area (Å²) < 4.78 is 9.60. The zero-order chi connectivity index (χ0) is 15.1. The molecule has 0 rings (SSSR count). The van der Waals surface area contributed by atoms with Gasteiger partial charge >= 0.3 is 12.1 Å². The fourth-order valence-electron chi connectivity index (χ4n) is 1.23. The van der Waals surface area contributed by atoms with Crippen LogP contribution in [0.2, 0.25) is 0 Å². The third-order valence-corrected chi connectivity index (χ3v) is 2.08. The molecule has 0 aliphatic rings. The van der Waals surface area contributed by atoms with Crippen molar-refractivity contribution < 1.29 is 23.9 Å². The largest absolute Gasteiger partial charge is 0.467 e. The van der Waals surface area contributed by atoms with Crippen LogP contribution < -0.4 is 5.32 Å². The minimum Gasteiger partial charge on any atom is -0.467 e. The third-order valence-electron chi connectivity index (χ3n) is 2.08. The second-order valence-electron chi connectivity index (χ2n) is 4.93. The molecular formula is C13H21NO5. The number of rotatable bonds is 6. The molecule has 1 amide bonds. The molecule has 19 heavy (non-hydrogen) atoms. The van der Waals surface area contributed by atoms with Crippen molar-refractivity contribution in [2.75, 3.05) is 7.11 Å². The van der Waals surface area contributed by atoms with E-state index in [1.165, 1.54) is 13.2 Å². The summed E-state index contributed by atoms with van der Waals surface area (Å²) in [6.45, 7) is 8.46.